The number of nitrogens with two attached hydrogens (primary N) is 1. The van der Waals surface area contributed by atoms with Crippen molar-refractivity contribution in [2.24, 2.45) is 0 Å². The molecule has 0 atom stereocenters. The normalized spacial score (nSPS) is 10.3. The van der Waals surface area contributed by atoms with Crippen LogP contribution in [0.1, 0.15) is 34.1 Å². The lowest BCUT2D eigenvalue weighted by Gasteiger charge is -2.07. The Morgan fingerprint density at radius 1 is 1.33 bits per heavy atom. The van der Waals surface area contributed by atoms with Crippen molar-refractivity contribution in [3.63, 3.8) is 0 Å². The van der Waals surface area contributed by atoms with E-state index in [9.17, 15) is 14.9 Å². The standard InChI is InChI=1S/C18H17ClN2O4S2/c1-2-24-18(23)16-12(11(9-20)17(21)27-16)10-25-15(22)7-8-26-14-6-4-3-5-13(14)19/h3-6H,2,7-8,10,21H2,1H3. The quantitative estimate of drug-likeness (QED) is 0.498. The maximum Gasteiger partial charge on any atom is 0.348 e. The Kier molecular flexibility index (Phi) is 7.98. The molecule has 0 amide bonds. The van der Waals surface area contributed by atoms with Crippen molar-refractivity contribution in [3.05, 3.63) is 45.3 Å². The van der Waals surface area contributed by atoms with Gasteiger partial charge in [-0.3, -0.25) is 4.79 Å². The molecule has 0 saturated heterocycles. The molecule has 2 aromatic rings. The molecule has 1 aromatic heterocycles. The highest BCUT2D eigenvalue weighted by atomic mass is 35.5. The van der Waals surface area contributed by atoms with Gasteiger partial charge in [0.25, 0.3) is 0 Å². The van der Waals surface area contributed by atoms with Gasteiger partial charge in [0.15, 0.2) is 0 Å². The number of rotatable bonds is 8. The molecular weight excluding hydrogens is 408 g/mol. The summed E-state index contributed by atoms with van der Waals surface area (Å²) in [6, 6.07) is 9.30. The molecule has 0 radical (unpaired) electrons. The fourth-order valence-electron chi connectivity index (χ4n) is 2.14. The smallest absolute Gasteiger partial charge is 0.348 e. The number of carbonyl (C=O) groups excluding carboxylic acids is 2. The van der Waals surface area contributed by atoms with Gasteiger partial charge in [-0.05, 0) is 19.1 Å². The van der Waals surface area contributed by atoms with Gasteiger partial charge in [0.05, 0.1) is 23.6 Å². The van der Waals surface area contributed by atoms with Crippen molar-refractivity contribution >= 4 is 51.6 Å². The van der Waals surface area contributed by atoms with E-state index in [4.69, 9.17) is 26.8 Å². The lowest BCUT2D eigenvalue weighted by atomic mass is 10.1. The maximum absolute atomic E-state index is 12.0. The topological polar surface area (TPSA) is 102 Å². The first-order chi connectivity index (χ1) is 13.0. The molecule has 1 aromatic carbocycles. The van der Waals surface area contributed by atoms with Gasteiger partial charge in [-0.2, -0.15) is 5.26 Å². The van der Waals surface area contributed by atoms with Crippen LogP contribution in [0.25, 0.3) is 0 Å². The molecule has 1 heterocycles. The summed E-state index contributed by atoms with van der Waals surface area (Å²) in [5.41, 5.74) is 6.21. The molecule has 0 saturated carbocycles. The minimum atomic E-state index is -0.587. The number of hydrogen-bond acceptors (Lipinski definition) is 8. The largest absolute Gasteiger partial charge is 0.462 e. The number of halogens is 1. The number of nitrogens with zero attached hydrogens (tertiary/aromatic N) is 1. The fourth-order valence-corrected chi connectivity index (χ4v) is 4.22. The molecule has 6 nitrogen and oxygen atoms in total. The zero-order valence-electron chi connectivity index (χ0n) is 14.5. The Hall–Kier alpha value is -2.21. The average molecular weight is 425 g/mol. The minimum Gasteiger partial charge on any atom is -0.462 e. The van der Waals surface area contributed by atoms with Crippen LogP contribution in [0.2, 0.25) is 5.02 Å². The highest BCUT2D eigenvalue weighted by Crippen LogP contribution is 2.32. The van der Waals surface area contributed by atoms with Gasteiger partial charge in [-0.1, -0.05) is 23.7 Å². The van der Waals surface area contributed by atoms with Crippen LogP contribution in [0, 0.1) is 11.3 Å². The molecule has 0 unspecified atom stereocenters. The second-order valence-corrected chi connectivity index (χ2v) is 7.77. The van der Waals surface area contributed by atoms with Crippen molar-refractivity contribution in [1.29, 1.82) is 5.26 Å². The van der Waals surface area contributed by atoms with E-state index >= 15 is 0 Å². The summed E-state index contributed by atoms with van der Waals surface area (Å²) < 4.78 is 10.2. The molecular formula is C18H17ClN2O4S2. The van der Waals surface area contributed by atoms with Gasteiger partial charge >= 0.3 is 11.9 Å². The Morgan fingerprint density at radius 3 is 2.74 bits per heavy atom. The number of carbonyl (C=O) groups is 2. The molecule has 142 valence electrons. The second kappa shape index (κ2) is 10.2. The molecule has 0 aliphatic rings. The number of esters is 2. The Labute approximate surface area is 170 Å². The van der Waals surface area contributed by atoms with E-state index in [-0.39, 0.29) is 40.6 Å². The number of anilines is 1. The minimum absolute atomic E-state index is 0.140. The Balaban J connectivity index is 1.95. The van der Waals surface area contributed by atoms with Crippen LogP contribution in [0.4, 0.5) is 5.00 Å². The zero-order chi connectivity index (χ0) is 19.8. The third-order valence-corrected chi connectivity index (χ3v) is 5.94. The summed E-state index contributed by atoms with van der Waals surface area (Å²) in [4.78, 5) is 25.1. The maximum atomic E-state index is 12.0. The summed E-state index contributed by atoms with van der Waals surface area (Å²) in [5, 5.41) is 10.1. The van der Waals surface area contributed by atoms with Gasteiger partial charge in [-0.15, -0.1) is 23.1 Å². The number of benzene rings is 1. The van der Waals surface area contributed by atoms with Gasteiger partial charge in [-0.25, -0.2) is 4.79 Å². The summed E-state index contributed by atoms with van der Waals surface area (Å²) in [6.45, 7) is 1.66. The molecule has 0 fully saturated rings. The van der Waals surface area contributed by atoms with Crippen LogP contribution in [-0.4, -0.2) is 24.3 Å². The van der Waals surface area contributed by atoms with E-state index in [1.165, 1.54) is 11.8 Å². The summed E-state index contributed by atoms with van der Waals surface area (Å²) in [6.07, 6.45) is 0.159. The van der Waals surface area contributed by atoms with Crippen LogP contribution in [0.15, 0.2) is 29.2 Å². The van der Waals surface area contributed by atoms with E-state index < -0.39 is 11.9 Å². The predicted octanol–water partition coefficient (Wildman–Crippen LogP) is 4.26. The van der Waals surface area contributed by atoms with E-state index in [1.54, 1.807) is 13.0 Å². The highest BCUT2D eigenvalue weighted by molar-refractivity contribution is 7.99. The third kappa shape index (κ3) is 5.63. The average Bonchev–Trinajstić information content (AvgIpc) is 2.97. The SMILES string of the molecule is CCOC(=O)c1sc(N)c(C#N)c1COC(=O)CCSc1ccccc1Cl. The van der Waals surface area contributed by atoms with Crippen LogP contribution >= 0.6 is 34.7 Å². The lowest BCUT2D eigenvalue weighted by molar-refractivity contribution is -0.144. The Morgan fingerprint density at radius 2 is 2.07 bits per heavy atom. The van der Waals surface area contributed by atoms with E-state index in [0.717, 1.165) is 16.2 Å². The predicted molar refractivity (Wildman–Crippen MR) is 106 cm³/mol. The summed E-state index contributed by atoms with van der Waals surface area (Å²) in [7, 11) is 0. The molecule has 2 N–H and O–H groups in total. The molecule has 0 aliphatic heterocycles. The molecule has 27 heavy (non-hydrogen) atoms. The van der Waals surface area contributed by atoms with Gasteiger partial charge < -0.3 is 15.2 Å². The first-order valence-electron chi connectivity index (χ1n) is 7.99. The monoisotopic (exact) mass is 424 g/mol. The highest BCUT2D eigenvalue weighted by Gasteiger charge is 2.23. The number of hydrogen-bond donors (Lipinski definition) is 1. The Bertz CT molecular complexity index is 877. The van der Waals surface area contributed by atoms with Crippen molar-refractivity contribution in [2.45, 2.75) is 24.8 Å². The first-order valence-corrected chi connectivity index (χ1v) is 10.2. The van der Waals surface area contributed by atoms with Crippen LogP contribution in [-0.2, 0) is 20.9 Å². The number of nitriles is 1. The lowest BCUT2D eigenvalue weighted by Crippen LogP contribution is -2.10. The molecule has 9 heteroatoms. The fraction of sp³-hybridized carbons (Fsp3) is 0.278. The van der Waals surface area contributed by atoms with E-state index in [1.807, 2.05) is 24.3 Å². The van der Waals surface area contributed by atoms with Crippen molar-refractivity contribution in [3.8, 4) is 6.07 Å². The number of ether oxygens (including phenoxy) is 2. The van der Waals surface area contributed by atoms with Gasteiger partial charge in [0.2, 0.25) is 0 Å². The van der Waals surface area contributed by atoms with Crippen molar-refractivity contribution < 1.29 is 19.1 Å². The van der Waals surface area contributed by atoms with Crippen LogP contribution in [0.5, 0.6) is 0 Å². The molecule has 0 spiro atoms. The summed E-state index contributed by atoms with van der Waals surface area (Å²) >= 11 is 8.47. The number of thiophene rings is 1. The molecule has 2 rings (SSSR count). The van der Waals surface area contributed by atoms with E-state index in [0.29, 0.717) is 10.8 Å². The van der Waals surface area contributed by atoms with Gasteiger partial charge in [0.1, 0.15) is 22.6 Å². The van der Waals surface area contributed by atoms with Crippen molar-refractivity contribution in [2.75, 3.05) is 18.1 Å². The third-order valence-electron chi connectivity index (χ3n) is 3.38. The first kappa shape index (κ1) is 21.1. The molecule has 0 aliphatic carbocycles. The number of nitrogen functional groups attached to an aromatic ring is 1. The van der Waals surface area contributed by atoms with Gasteiger partial charge in [0, 0.05) is 16.2 Å². The van der Waals surface area contributed by atoms with Crippen LogP contribution in [0.3, 0.4) is 0 Å². The number of thioether (sulfide) groups is 1. The second-order valence-electron chi connectivity index (χ2n) is 5.17. The molecule has 0 bridgehead atoms. The van der Waals surface area contributed by atoms with E-state index in [2.05, 4.69) is 0 Å². The summed E-state index contributed by atoms with van der Waals surface area (Å²) in [5.74, 6) is -0.543. The van der Waals surface area contributed by atoms with Crippen LogP contribution < -0.4 is 5.73 Å². The zero-order valence-corrected chi connectivity index (χ0v) is 16.9. The van der Waals surface area contributed by atoms with Crippen molar-refractivity contribution in [1.82, 2.24) is 0 Å².